The summed E-state index contributed by atoms with van der Waals surface area (Å²) in [5.41, 5.74) is 3.71. The van der Waals surface area contributed by atoms with Gasteiger partial charge in [0, 0.05) is 31.5 Å². The molecule has 0 saturated heterocycles. The van der Waals surface area contributed by atoms with Crippen LogP contribution in [0.4, 0.5) is 0 Å². The zero-order chi connectivity index (χ0) is 18.5. The number of carbonyl (C=O) groups is 1. The van der Waals surface area contributed by atoms with Crippen LogP contribution in [0.2, 0.25) is 5.02 Å². The molecule has 132 valence electrons. The first-order valence-corrected chi connectivity index (χ1v) is 8.54. The van der Waals surface area contributed by atoms with Crippen molar-refractivity contribution in [3.05, 3.63) is 83.1 Å². The van der Waals surface area contributed by atoms with Crippen molar-refractivity contribution in [1.82, 2.24) is 9.88 Å². The normalized spacial score (nSPS) is 10.4. The summed E-state index contributed by atoms with van der Waals surface area (Å²) in [4.78, 5) is 18.3. The van der Waals surface area contributed by atoms with Gasteiger partial charge in [-0.2, -0.15) is 0 Å². The van der Waals surface area contributed by atoms with E-state index >= 15 is 0 Å². The van der Waals surface area contributed by atoms with E-state index in [0.29, 0.717) is 22.9 Å². The van der Waals surface area contributed by atoms with Crippen LogP contribution in [0.1, 0.15) is 15.9 Å². The molecule has 3 rings (SSSR count). The standard InChI is InChI=1S/C21H19ClN2O2/c1-24(14-15-3-8-20(26-2)19(22)13-15)21(25)18-6-4-16(5-7-18)17-9-11-23-12-10-17/h3-13H,14H2,1-2H3. The van der Waals surface area contributed by atoms with Gasteiger partial charge >= 0.3 is 0 Å². The fourth-order valence-corrected chi connectivity index (χ4v) is 3.00. The van der Waals surface area contributed by atoms with E-state index in [9.17, 15) is 4.79 Å². The predicted molar refractivity (Wildman–Crippen MR) is 103 cm³/mol. The van der Waals surface area contributed by atoms with E-state index in [1.165, 1.54) is 0 Å². The minimum atomic E-state index is -0.0433. The molecule has 0 saturated carbocycles. The van der Waals surface area contributed by atoms with Crippen molar-refractivity contribution >= 4 is 17.5 Å². The van der Waals surface area contributed by atoms with Crippen LogP contribution in [0, 0.1) is 0 Å². The Morgan fingerprint density at radius 3 is 2.31 bits per heavy atom. The van der Waals surface area contributed by atoms with Crippen LogP contribution < -0.4 is 4.74 Å². The lowest BCUT2D eigenvalue weighted by Crippen LogP contribution is -2.26. The second-order valence-corrected chi connectivity index (χ2v) is 6.35. The first-order chi connectivity index (χ1) is 12.6. The van der Waals surface area contributed by atoms with Crippen molar-refractivity contribution in [2.24, 2.45) is 0 Å². The number of methoxy groups -OCH3 is 1. The highest BCUT2D eigenvalue weighted by molar-refractivity contribution is 6.32. The molecule has 0 aliphatic heterocycles. The molecule has 0 fully saturated rings. The fraction of sp³-hybridized carbons (Fsp3) is 0.143. The van der Waals surface area contributed by atoms with Crippen molar-refractivity contribution in [2.45, 2.75) is 6.54 Å². The first kappa shape index (κ1) is 18.0. The number of rotatable bonds is 5. The first-order valence-electron chi connectivity index (χ1n) is 8.17. The highest BCUT2D eigenvalue weighted by atomic mass is 35.5. The maximum Gasteiger partial charge on any atom is 0.253 e. The van der Waals surface area contributed by atoms with Gasteiger partial charge in [-0.25, -0.2) is 0 Å². The molecule has 0 radical (unpaired) electrons. The Hall–Kier alpha value is -2.85. The summed E-state index contributed by atoms with van der Waals surface area (Å²) in [6.07, 6.45) is 3.50. The van der Waals surface area contributed by atoms with Gasteiger partial charge in [0.1, 0.15) is 5.75 Å². The molecule has 1 heterocycles. The Morgan fingerprint density at radius 2 is 1.69 bits per heavy atom. The van der Waals surface area contributed by atoms with E-state index in [1.807, 2.05) is 48.5 Å². The van der Waals surface area contributed by atoms with Crippen molar-refractivity contribution in [3.8, 4) is 16.9 Å². The summed E-state index contributed by atoms with van der Waals surface area (Å²) in [5, 5.41) is 0.535. The van der Waals surface area contributed by atoms with Gasteiger partial charge in [0.25, 0.3) is 5.91 Å². The number of pyridine rings is 1. The SMILES string of the molecule is COc1ccc(CN(C)C(=O)c2ccc(-c3ccncc3)cc2)cc1Cl. The third-order valence-electron chi connectivity index (χ3n) is 4.13. The maximum atomic E-state index is 12.7. The average Bonchev–Trinajstić information content (AvgIpc) is 2.68. The minimum Gasteiger partial charge on any atom is -0.495 e. The van der Waals surface area contributed by atoms with Crippen LogP contribution in [0.5, 0.6) is 5.75 Å². The second kappa shape index (κ2) is 8.02. The van der Waals surface area contributed by atoms with E-state index in [0.717, 1.165) is 16.7 Å². The van der Waals surface area contributed by atoms with Crippen molar-refractivity contribution < 1.29 is 9.53 Å². The quantitative estimate of drug-likeness (QED) is 0.658. The topological polar surface area (TPSA) is 42.4 Å². The number of hydrogen-bond acceptors (Lipinski definition) is 3. The predicted octanol–water partition coefficient (Wildman–Crippen LogP) is 4.68. The summed E-state index contributed by atoms with van der Waals surface area (Å²) in [5.74, 6) is 0.578. The van der Waals surface area contributed by atoms with Gasteiger partial charge in [-0.15, -0.1) is 0 Å². The van der Waals surface area contributed by atoms with Crippen molar-refractivity contribution in [1.29, 1.82) is 0 Å². The van der Waals surface area contributed by atoms with E-state index in [2.05, 4.69) is 4.98 Å². The molecule has 0 aliphatic rings. The smallest absolute Gasteiger partial charge is 0.253 e. The average molecular weight is 367 g/mol. The molecule has 4 nitrogen and oxygen atoms in total. The van der Waals surface area contributed by atoms with E-state index in [4.69, 9.17) is 16.3 Å². The molecule has 2 aromatic carbocycles. The lowest BCUT2D eigenvalue weighted by Gasteiger charge is -2.18. The van der Waals surface area contributed by atoms with Gasteiger partial charge in [-0.05, 0) is 53.1 Å². The van der Waals surface area contributed by atoms with Crippen molar-refractivity contribution in [2.75, 3.05) is 14.2 Å². The van der Waals surface area contributed by atoms with Gasteiger partial charge in [-0.1, -0.05) is 29.8 Å². The Balaban J connectivity index is 1.71. The number of nitrogens with zero attached hydrogens (tertiary/aromatic N) is 2. The molecule has 3 aromatic rings. The number of carbonyl (C=O) groups excluding carboxylic acids is 1. The van der Waals surface area contributed by atoms with Gasteiger partial charge < -0.3 is 9.64 Å². The Labute approximate surface area is 158 Å². The molecule has 0 spiro atoms. The van der Waals surface area contributed by atoms with E-state index in [1.54, 1.807) is 37.5 Å². The number of benzene rings is 2. The van der Waals surface area contributed by atoms with Crippen LogP contribution >= 0.6 is 11.6 Å². The van der Waals surface area contributed by atoms with Crippen LogP contribution in [0.25, 0.3) is 11.1 Å². The van der Waals surface area contributed by atoms with Crippen LogP contribution in [0.3, 0.4) is 0 Å². The van der Waals surface area contributed by atoms with Crippen LogP contribution in [0.15, 0.2) is 67.0 Å². The number of hydrogen-bond donors (Lipinski definition) is 0. The molecule has 0 aliphatic carbocycles. The molecular formula is C21H19ClN2O2. The zero-order valence-corrected chi connectivity index (χ0v) is 15.4. The fourth-order valence-electron chi connectivity index (χ4n) is 2.72. The Morgan fingerprint density at radius 1 is 1.04 bits per heavy atom. The van der Waals surface area contributed by atoms with E-state index in [-0.39, 0.29) is 5.91 Å². The molecule has 1 aromatic heterocycles. The molecule has 0 unspecified atom stereocenters. The van der Waals surface area contributed by atoms with Crippen LogP contribution in [-0.4, -0.2) is 29.9 Å². The lowest BCUT2D eigenvalue weighted by atomic mass is 10.0. The number of amides is 1. The van der Waals surface area contributed by atoms with Gasteiger partial charge in [0.05, 0.1) is 12.1 Å². The highest BCUT2D eigenvalue weighted by Gasteiger charge is 2.13. The summed E-state index contributed by atoms with van der Waals surface area (Å²) < 4.78 is 5.15. The third kappa shape index (κ3) is 4.03. The minimum absolute atomic E-state index is 0.0433. The Kier molecular flexibility index (Phi) is 5.54. The summed E-state index contributed by atoms with van der Waals surface area (Å²) >= 11 is 6.15. The van der Waals surface area contributed by atoms with Gasteiger partial charge in [-0.3, -0.25) is 9.78 Å². The van der Waals surface area contributed by atoms with Crippen molar-refractivity contribution in [3.63, 3.8) is 0 Å². The number of ether oxygens (including phenoxy) is 1. The van der Waals surface area contributed by atoms with Gasteiger partial charge in [0.2, 0.25) is 0 Å². The molecule has 5 heteroatoms. The van der Waals surface area contributed by atoms with Crippen LogP contribution in [-0.2, 0) is 6.54 Å². The molecule has 1 amide bonds. The summed E-state index contributed by atoms with van der Waals surface area (Å²) in [6, 6.07) is 17.0. The molecule has 0 atom stereocenters. The molecule has 0 bridgehead atoms. The third-order valence-corrected chi connectivity index (χ3v) is 4.42. The monoisotopic (exact) mass is 366 g/mol. The van der Waals surface area contributed by atoms with E-state index < -0.39 is 0 Å². The second-order valence-electron chi connectivity index (χ2n) is 5.94. The summed E-state index contributed by atoms with van der Waals surface area (Å²) in [6.45, 7) is 0.467. The molecular weight excluding hydrogens is 348 g/mol. The lowest BCUT2D eigenvalue weighted by molar-refractivity contribution is 0.0785. The number of halogens is 1. The number of aromatic nitrogens is 1. The summed E-state index contributed by atoms with van der Waals surface area (Å²) in [7, 11) is 3.35. The Bertz CT molecular complexity index is 896. The highest BCUT2D eigenvalue weighted by Crippen LogP contribution is 2.25. The largest absolute Gasteiger partial charge is 0.495 e. The zero-order valence-electron chi connectivity index (χ0n) is 14.6. The van der Waals surface area contributed by atoms with Gasteiger partial charge in [0.15, 0.2) is 0 Å². The maximum absolute atomic E-state index is 12.7. The molecule has 26 heavy (non-hydrogen) atoms. The molecule has 0 N–H and O–H groups in total.